The minimum Gasteiger partial charge on any atom is -0.461 e. The van der Waals surface area contributed by atoms with Crippen molar-refractivity contribution in [1.82, 2.24) is 29.5 Å². The van der Waals surface area contributed by atoms with E-state index in [0.717, 1.165) is 12.8 Å². The van der Waals surface area contributed by atoms with Gasteiger partial charge in [-0.05, 0) is 47.6 Å². The van der Waals surface area contributed by atoms with E-state index in [1.807, 2.05) is 6.07 Å². The summed E-state index contributed by atoms with van der Waals surface area (Å²) >= 11 is 0. The number of hydrogen-bond acceptors (Lipinski definition) is 8. The van der Waals surface area contributed by atoms with Crippen molar-refractivity contribution in [3.63, 3.8) is 0 Å². The second-order valence-electron chi connectivity index (χ2n) is 11.1. The molecule has 12 nitrogen and oxygen atoms in total. The SMILES string of the molecule is CC(=O)OCc1c(-c2cc(Nc3cn[nH]n3)c(=O)n(C)c2)ccnc1N1CCn2c(cc3c2CC(C)(C)C3)C1=O. The molecule has 12 heteroatoms. The number of H-pyrrole nitrogens is 1. The molecule has 0 spiro atoms. The highest BCUT2D eigenvalue weighted by molar-refractivity contribution is 6.06. The van der Waals surface area contributed by atoms with Crippen LogP contribution in [0.25, 0.3) is 11.1 Å². The van der Waals surface area contributed by atoms with Crippen molar-refractivity contribution in [1.29, 1.82) is 0 Å². The Morgan fingerprint density at radius 2 is 2.02 bits per heavy atom. The molecule has 0 bridgehead atoms. The van der Waals surface area contributed by atoms with Gasteiger partial charge in [0.2, 0.25) is 0 Å². The number of anilines is 3. The molecular weight excluding hydrogens is 512 g/mol. The minimum absolute atomic E-state index is 0.0851. The van der Waals surface area contributed by atoms with Gasteiger partial charge in [-0.2, -0.15) is 10.3 Å². The van der Waals surface area contributed by atoms with Crippen molar-refractivity contribution in [3.8, 4) is 11.1 Å². The van der Waals surface area contributed by atoms with Gasteiger partial charge in [0.1, 0.15) is 23.8 Å². The number of carbonyl (C=O) groups excluding carboxylic acids is 2. The molecule has 206 valence electrons. The molecule has 4 aromatic heterocycles. The molecule has 0 saturated carbocycles. The van der Waals surface area contributed by atoms with E-state index in [1.54, 1.807) is 36.5 Å². The lowest BCUT2D eigenvalue weighted by Gasteiger charge is -2.31. The van der Waals surface area contributed by atoms with Crippen LogP contribution in [0.5, 0.6) is 0 Å². The van der Waals surface area contributed by atoms with E-state index in [4.69, 9.17) is 4.74 Å². The predicted molar refractivity (Wildman–Crippen MR) is 147 cm³/mol. The largest absolute Gasteiger partial charge is 0.461 e. The summed E-state index contributed by atoms with van der Waals surface area (Å²) < 4.78 is 9.04. The van der Waals surface area contributed by atoms with Gasteiger partial charge in [-0.15, -0.1) is 5.10 Å². The number of carbonyl (C=O) groups is 2. The molecular formula is C28H30N8O4. The van der Waals surface area contributed by atoms with Gasteiger partial charge in [0.15, 0.2) is 5.82 Å². The first-order valence-electron chi connectivity index (χ1n) is 13.1. The molecule has 0 atom stereocenters. The summed E-state index contributed by atoms with van der Waals surface area (Å²) in [7, 11) is 1.65. The lowest BCUT2D eigenvalue weighted by molar-refractivity contribution is -0.142. The molecule has 1 aliphatic heterocycles. The van der Waals surface area contributed by atoms with Gasteiger partial charge in [-0.1, -0.05) is 13.8 Å². The lowest BCUT2D eigenvalue weighted by atomic mass is 9.90. The van der Waals surface area contributed by atoms with Crippen LogP contribution in [0, 0.1) is 5.41 Å². The van der Waals surface area contributed by atoms with Crippen molar-refractivity contribution in [2.75, 3.05) is 16.8 Å². The Kier molecular flexibility index (Phi) is 6.05. The van der Waals surface area contributed by atoms with Gasteiger partial charge >= 0.3 is 5.97 Å². The first-order valence-corrected chi connectivity index (χ1v) is 13.1. The van der Waals surface area contributed by atoms with Crippen molar-refractivity contribution in [2.45, 2.75) is 46.8 Å². The molecule has 0 saturated heterocycles. The Morgan fingerprint density at radius 1 is 1.20 bits per heavy atom. The second-order valence-corrected chi connectivity index (χ2v) is 11.1. The number of hydrogen-bond donors (Lipinski definition) is 2. The number of fused-ring (bicyclic) bond motifs is 3. The zero-order valence-corrected chi connectivity index (χ0v) is 22.8. The lowest BCUT2D eigenvalue weighted by Crippen LogP contribution is -2.41. The van der Waals surface area contributed by atoms with Gasteiger partial charge in [0, 0.05) is 56.3 Å². The number of nitrogens with zero attached hydrogens (tertiary/aromatic N) is 6. The molecule has 6 rings (SSSR count). The number of aryl methyl sites for hydroxylation is 1. The number of rotatable bonds is 6. The van der Waals surface area contributed by atoms with Crippen LogP contribution in [0.3, 0.4) is 0 Å². The first-order chi connectivity index (χ1) is 19.1. The van der Waals surface area contributed by atoms with E-state index in [0.29, 0.717) is 47.1 Å². The third-order valence-corrected chi connectivity index (χ3v) is 7.51. The molecule has 2 aliphatic rings. The summed E-state index contributed by atoms with van der Waals surface area (Å²) in [6.07, 6.45) is 6.68. The number of aromatic nitrogens is 6. The van der Waals surface area contributed by atoms with Crippen LogP contribution in [0.1, 0.15) is 48.1 Å². The Hall–Kier alpha value is -4.74. The third-order valence-electron chi connectivity index (χ3n) is 7.51. The van der Waals surface area contributed by atoms with Crippen LogP contribution >= 0.6 is 0 Å². The van der Waals surface area contributed by atoms with Crippen molar-refractivity contribution >= 4 is 29.2 Å². The van der Waals surface area contributed by atoms with E-state index in [2.05, 4.69) is 44.1 Å². The van der Waals surface area contributed by atoms with Crippen LogP contribution in [0.4, 0.5) is 17.3 Å². The average molecular weight is 543 g/mol. The summed E-state index contributed by atoms with van der Waals surface area (Å²) in [5.41, 5.74) is 5.28. The summed E-state index contributed by atoms with van der Waals surface area (Å²) in [4.78, 5) is 44.8. The zero-order chi connectivity index (χ0) is 28.2. The molecule has 0 radical (unpaired) electrons. The number of amides is 1. The normalized spacial score (nSPS) is 15.6. The van der Waals surface area contributed by atoms with Gasteiger partial charge < -0.3 is 19.2 Å². The number of nitrogens with one attached hydrogen (secondary N) is 2. The molecule has 0 fully saturated rings. The quantitative estimate of drug-likeness (QED) is 0.355. The van der Waals surface area contributed by atoms with Crippen molar-refractivity contribution in [2.24, 2.45) is 12.5 Å². The Bertz CT molecular complexity index is 1700. The minimum atomic E-state index is -0.451. The molecule has 0 aromatic carbocycles. The number of ether oxygens (including phenoxy) is 1. The number of esters is 1. The zero-order valence-electron chi connectivity index (χ0n) is 22.8. The van der Waals surface area contributed by atoms with E-state index in [1.165, 1.54) is 28.9 Å². The number of aromatic amines is 1. The van der Waals surface area contributed by atoms with Crippen molar-refractivity contribution in [3.05, 3.63) is 69.7 Å². The fourth-order valence-corrected chi connectivity index (χ4v) is 5.76. The third kappa shape index (κ3) is 4.44. The second kappa shape index (κ2) is 9.47. The summed E-state index contributed by atoms with van der Waals surface area (Å²) in [5, 5.41) is 13.2. The van der Waals surface area contributed by atoms with Crippen molar-refractivity contribution < 1.29 is 14.3 Å². The van der Waals surface area contributed by atoms with E-state index in [9.17, 15) is 14.4 Å². The van der Waals surface area contributed by atoms with E-state index in [-0.39, 0.29) is 29.2 Å². The molecule has 4 aromatic rings. The van der Waals surface area contributed by atoms with Gasteiger partial charge in [-0.25, -0.2) is 4.98 Å². The fraction of sp³-hybridized carbons (Fsp3) is 0.357. The summed E-state index contributed by atoms with van der Waals surface area (Å²) in [5.74, 6) is 0.229. The molecule has 5 heterocycles. The smallest absolute Gasteiger partial charge is 0.302 e. The van der Waals surface area contributed by atoms with E-state index >= 15 is 0 Å². The summed E-state index contributed by atoms with van der Waals surface area (Å²) in [6.45, 7) is 6.83. The molecule has 1 amide bonds. The van der Waals surface area contributed by atoms with Gasteiger partial charge in [-0.3, -0.25) is 19.3 Å². The monoisotopic (exact) mass is 542 g/mol. The molecule has 1 aliphatic carbocycles. The maximum atomic E-state index is 13.8. The highest BCUT2D eigenvalue weighted by Crippen LogP contribution is 2.40. The van der Waals surface area contributed by atoms with Crippen LogP contribution in [-0.2, 0) is 42.6 Å². The predicted octanol–water partition coefficient (Wildman–Crippen LogP) is 2.96. The number of pyridine rings is 2. The maximum Gasteiger partial charge on any atom is 0.302 e. The summed E-state index contributed by atoms with van der Waals surface area (Å²) in [6, 6.07) is 5.50. The Morgan fingerprint density at radius 3 is 2.77 bits per heavy atom. The van der Waals surface area contributed by atoms with Crippen LogP contribution in [-0.4, -0.2) is 48.0 Å². The van der Waals surface area contributed by atoms with Gasteiger partial charge in [0.25, 0.3) is 11.5 Å². The first kappa shape index (κ1) is 25.5. The topological polar surface area (TPSA) is 140 Å². The van der Waals surface area contributed by atoms with Crippen LogP contribution < -0.4 is 15.8 Å². The maximum absolute atomic E-state index is 13.8. The standard InChI is InChI=1S/C28H30N8O4/c1-16(37)40-15-20-19(18-9-21(26(38)34(4)14-18)31-24-13-30-33-32-24)5-6-29-25(20)36-8-7-35-22(27(36)39)10-17-11-28(2,3)12-23(17)35/h5-6,9-10,13-14H,7-8,11-12,15H2,1-4H3,(H2,30,31,32,33). The highest BCUT2D eigenvalue weighted by atomic mass is 16.5. The molecule has 40 heavy (non-hydrogen) atoms. The Balaban J connectivity index is 1.42. The van der Waals surface area contributed by atoms with Crippen LogP contribution in [0.15, 0.2) is 41.6 Å². The van der Waals surface area contributed by atoms with Gasteiger partial charge in [0.05, 0.1) is 6.20 Å². The van der Waals surface area contributed by atoms with E-state index < -0.39 is 5.97 Å². The molecule has 0 unspecified atom stereocenters. The van der Waals surface area contributed by atoms with Crippen LogP contribution in [0.2, 0.25) is 0 Å². The Labute approximate surface area is 230 Å². The fourth-order valence-electron chi connectivity index (χ4n) is 5.76. The molecule has 2 N–H and O–H groups in total. The highest BCUT2D eigenvalue weighted by Gasteiger charge is 2.37. The average Bonchev–Trinajstić information content (AvgIpc) is 3.60.